The van der Waals surface area contributed by atoms with Gasteiger partial charge in [-0.25, -0.2) is 19.6 Å². The third-order valence-corrected chi connectivity index (χ3v) is 5.53. The van der Waals surface area contributed by atoms with Crippen molar-refractivity contribution in [1.29, 1.82) is 0 Å². The van der Waals surface area contributed by atoms with Crippen LogP contribution in [0, 0.1) is 5.95 Å². The van der Waals surface area contributed by atoms with Crippen molar-refractivity contribution in [3.8, 4) is 0 Å². The average Bonchev–Trinajstić information content (AvgIpc) is 3.05. The zero-order valence-electron chi connectivity index (χ0n) is 19.2. The third-order valence-electron chi connectivity index (χ3n) is 3.77. The minimum Gasteiger partial charge on any atom is -0.444 e. The summed E-state index contributed by atoms with van der Waals surface area (Å²) in [5.74, 6) is -0.792. The van der Waals surface area contributed by atoms with Crippen LogP contribution in [0.5, 0.6) is 0 Å². The van der Waals surface area contributed by atoms with Gasteiger partial charge in [-0.05, 0) is 75.5 Å². The van der Waals surface area contributed by atoms with Gasteiger partial charge in [-0.15, -0.1) is 0 Å². The van der Waals surface area contributed by atoms with Crippen LogP contribution in [0.25, 0.3) is 0 Å². The molecule has 0 spiro atoms. The van der Waals surface area contributed by atoms with E-state index in [1.807, 2.05) is 0 Å². The van der Waals surface area contributed by atoms with Crippen molar-refractivity contribution in [2.75, 3.05) is 11.4 Å². The fourth-order valence-electron chi connectivity index (χ4n) is 2.63. The second-order valence-corrected chi connectivity index (χ2v) is 12.0. The molecule has 2 aromatic heterocycles. The highest BCUT2D eigenvalue weighted by atomic mass is 79.9. The molecule has 0 aliphatic heterocycles. The molecule has 0 fully saturated rings. The van der Waals surface area contributed by atoms with Crippen LogP contribution >= 0.6 is 38.9 Å². The average molecular weight is 566 g/mol. The maximum absolute atomic E-state index is 13.5. The lowest BCUT2D eigenvalue weighted by atomic mass is 10.1. The number of aromatic nitrogens is 2. The van der Waals surface area contributed by atoms with Crippen LogP contribution in [-0.2, 0) is 15.9 Å². The molecule has 2 amide bonds. The maximum Gasteiger partial charge on any atom is 0.416 e. The molecule has 33 heavy (non-hydrogen) atoms. The van der Waals surface area contributed by atoms with E-state index in [9.17, 15) is 14.0 Å². The fourth-order valence-corrected chi connectivity index (χ4v) is 4.00. The number of pyridine rings is 1. The molecule has 8 nitrogen and oxygen atoms in total. The first-order valence-electron chi connectivity index (χ1n) is 10.0. The highest BCUT2D eigenvalue weighted by Gasteiger charge is 2.30. The normalized spacial score (nSPS) is 12.8. The van der Waals surface area contributed by atoms with Gasteiger partial charge in [0.1, 0.15) is 11.2 Å². The van der Waals surface area contributed by atoms with E-state index in [0.717, 1.165) is 3.79 Å². The van der Waals surface area contributed by atoms with Crippen LogP contribution in [-0.4, -0.2) is 45.9 Å². The second-order valence-electron chi connectivity index (χ2n) is 9.20. The number of carbonyl (C=O) groups excluding carboxylic acids is 2. The molecular weight excluding hydrogens is 539 g/mol. The Labute approximate surface area is 210 Å². The predicted octanol–water partition coefficient (Wildman–Crippen LogP) is 5.97. The van der Waals surface area contributed by atoms with E-state index < -0.39 is 35.4 Å². The van der Waals surface area contributed by atoms with Gasteiger partial charge >= 0.3 is 12.2 Å². The van der Waals surface area contributed by atoms with Gasteiger partial charge < -0.3 is 14.8 Å². The molecule has 1 N–H and O–H groups in total. The molecule has 0 radical (unpaired) electrons. The number of hydrogen-bond acceptors (Lipinski definition) is 7. The first-order valence-corrected chi connectivity index (χ1v) is 12.0. The summed E-state index contributed by atoms with van der Waals surface area (Å²) in [5, 5.41) is 3.01. The smallest absolute Gasteiger partial charge is 0.416 e. The Morgan fingerprint density at radius 1 is 1.18 bits per heavy atom. The monoisotopic (exact) mass is 564 g/mol. The number of thiazole rings is 1. The number of hydrogen-bond donors (Lipinski definition) is 1. The number of nitrogens with zero attached hydrogens (tertiary/aromatic N) is 3. The third kappa shape index (κ3) is 9.42. The van der Waals surface area contributed by atoms with E-state index in [2.05, 4.69) is 31.2 Å². The molecular formula is C21H27BrClFN4O4S. The van der Waals surface area contributed by atoms with Crippen molar-refractivity contribution in [3.05, 3.63) is 38.8 Å². The molecule has 0 aliphatic carbocycles. The van der Waals surface area contributed by atoms with Gasteiger partial charge in [0.05, 0.1) is 27.6 Å². The molecule has 0 saturated heterocycles. The number of carbonyl (C=O) groups is 2. The number of anilines is 1. The molecule has 0 saturated carbocycles. The second kappa shape index (κ2) is 11.0. The fraction of sp³-hybridized carbons (Fsp3) is 0.524. The Morgan fingerprint density at radius 3 is 2.33 bits per heavy atom. The molecule has 0 unspecified atom stereocenters. The molecule has 0 aliphatic rings. The summed E-state index contributed by atoms with van der Waals surface area (Å²) < 4.78 is 25.2. The highest BCUT2D eigenvalue weighted by molar-refractivity contribution is 9.11. The number of amides is 2. The van der Waals surface area contributed by atoms with Gasteiger partial charge in [-0.1, -0.05) is 22.9 Å². The Bertz CT molecular complexity index is 993. The molecule has 1 atom stereocenters. The lowest BCUT2D eigenvalue weighted by molar-refractivity contribution is 0.0486. The minimum absolute atomic E-state index is 0.00308. The maximum atomic E-state index is 13.5. The summed E-state index contributed by atoms with van der Waals surface area (Å²) in [6, 6.07) is 0.768. The lowest BCUT2D eigenvalue weighted by Gasteiger charge is -2.30. The predicted molar refractivity (Wildman–Crippen MR) is 129 cm³/mol. The lowest BCUT2D eigenvalue weighted by Crippen LogP contribution is -2.49. The SMILES string of the molecule is CC(C)(C)OC(=O)N[C@@H](Cc1cnc(F)c(Cl)c1)CN(C(=O)OC(C)(C)C)c1ncc(Br)s1. The van der Waals surface area contributed by atoms with Crippen LogP contribution in [0.1, 0.15) is 47.1 Å². The molecule has 2 rings (SSSR count). The first-order chi connectivity index (χ1) is 15.1. The van der Waals surface area contributed by atoms with Gasteiger partial charge in [0.15, 0.2) is 5.13 Å². The minimum atomic E-state index is -0.792. The van der Waals surface area contributed by atoms with Gasteiger partial charge in [0.2, 0.25) is 5.95 Å². The Kier molecular flexibility index (Phi) is 9.06. The largest absolute Gasteiger partial charge is 0.444 e. The molecule has 0 aromatic carbocycles. The summed E-state index contributed by atoms with van der Waals surface area (Å²) in [4.78, 5) is 34.7. The van der Waals surface area contributed by atoms with E-state index in [1.54, 1.807) is 47.7 Å². The first kappa shape index (κ1) is 27.3. The van der Waals surface area contributed by atoms with Crippen molar-refractivity contribution in [2.45, 2.75) is 65.2 Å². The van der Waals surface area contributed by atoms with Gasteiger partial charge in [0.25, 0.3) is 0 Å². The standard InChI is InChI=1S/C21H27BrClFN4O4S/c1-20(2,3)31-18(29)27-13(7-12-8-14(23)16(24)25-9-12)11-28(17-26-10-15(22)33-17)19(30)32-21(4,5)6/h8-10,13H,7,11H2,1-6H3,(H,27,29)/t13-/m0/s1. The van der Waals surface area contributed by atoms with Crippen LogP contribution in [0.3, 0.4) is 0 Å². The topological polar surface area (TPSA) is 93.7 Å². The van der Waals surface area contributed by atoms with E-state index in [4.69, 9.17) is 21.1 Å². The number of alkyl carbamates (subject to hydrolysis) is 1. The van der Waals surface area contributed by atoms with E-state index in [1.165, 1.54) is 28.5 Å². The molecule has 12 heteroatoms. The highest BCUT2D eigenvalue weighted by Crippen LogP contribution is 2.28. The van der Waals surface area contributed by atoms with Crippen molar-refractivity contribution in [1.82, 2.24) is 15.3 Å². The van der Waals surface area contributed by atoms with Crippen LogP contribution in [0.4, 0.5) is 19.1 Å². The van der Waals surface area contributed by atoms with Crippen LogP contribution in [0.2, 0.25) is 5.02 Å². The van der Waals surface area contributed by atoms with E-state index >= 15 is 0 Å². The van der Waals surface area contributed by atoms with E-state index in [0.29, 0.717) is 10.7 Å². The van der Waals surface area contributed by atoms with Crippen molar-refractivity contribution in [2.24, 2.45) is 0 Å². The Morgan fingerprint density at radius 2 is 1.82 bits per heavy atom. The van der Waals surface area contributed by atoms with Crippen molar-refractivity contribution < 1.29 is 23.5 Å². The Balaban J connectivity index is 2.34. The Hall–Kier alpha value is -1.98. The number of nitrogens with one attached hydrogen (secondary N) is 1. The summed E-state index contributed by atoms with van der Waals surface area (Å²) in [7, 11) is 0. The van der Waals surface area contributed by atoms with Gasteiger partial charge in [-0.3, -0.25) is 4.90 Å². The van der Waals surface area contributed by atoms with Crippen molar-refractivity contribution in [3.63, 3.8) is 0 Å². The van der Waals surface area contributed by atoms with Gasteiger partial charge in [-0.2, -0.15) is 4.39 Å². The number of ether oxygens (including phenoxy) is 2. The summed E-state index contributed by atoms with van der Waals surface area (Å²) >= 11 is 10.5. The zero-order chi connectivity index (χ0) is 25.0. The summed E-state index contributed by atoms with van der Waals surface area (Å²) in [6.45, 7) is 10.5. The zero-order valence-corrected chi connectivity index (χ0v) is 22.4. The molecule has 182 valence electrons. The van der Waals surface area contributed by atoms with Crippen molar-refractivity contribution >= 4 is 56.2 Å². The van der Waals surface area contributed by atoms with Crippen LogP contribution in [0.15, 0.2) is 22.2 Å². The van der Waals surface area contributed by atoms with Gasteiger partial charge in [0, 0.05) is 6.20 Å². The number of rotatable bonds is 6. The number of halogens is 3. The molecule has 2 aromatic rings. The van der Waals surface area contributed by atoms with E-state index in [-0.39, 0.29) is 18.0 Å². The summed E-state index contributed by atoms with van der Waals surface area (Å²) in [6.07, 6.45) is 1.78. The molecule has 2 heterocycles. The van der Waals surface area contributed by atoms with Crippen LogP contribution < -0.4 is 10.2 Å². The summed E-state index contributed by atoms with van der Waals surface area (Å²) in [5.41, 5.74) is -0.904. The molecule has 0 bridgehead atoms. The quantitative estimate of drug-likeness (QED) is 0.434.